The smallest absolute Gasteiger partial charge is 0.253 e. The molecule has 0 aliphatic heterocycles. The monoisotopic (exact) mass is 230 g/mol. The van der Waals surface area contributed by atoms with Gasteiger partial charge in [0.15, 0.2) is 0 Å². The number of hydrogen-bond donors (Lipinski definition) is 0. The molecule has 0 heterocycles. The number of terminal acetylenes is 1. The number of carbonyl (C=O) groups excluding carboxylic acids is 1. The summed E-state index contributed by atoms with van der Waals surface area (Å²) in [5.74, 6) is 2.61. The molecule has 0 atom stereocenters. The van der Waals surface area contributed by atoms with Gasteiger partial charge in [0.2, 0.25) is 0 Å². The molecule has 0 unspecified atom stereocenters. The van der Waals surface area contributed by atoms with Crippen molar-refractivity contribution in [3.8, 4) is 12.3 Å². The number of rotatable bonds is 4. The molecule has 0 radical (unpaired) electrons. The number of nitrogens with zero attached hydrogens (tertiary/aromatic N) is 2. The van der Waals surface area contributed by atoms with Gasteiger partial charge in [-0.25, -0.2) is 0 Å². The van der Waals surface area contributed by atoms with Gasteiger partial charge in [-0.15, -0.1) is 6.42 Å². The minimum Gasteiger partial charge on any atom is -0.345 e. The van der Waals surface area contributed by atoms with E-state index in [4.69, 9.17) is 6.42 Å². The highest BCUT2D eigenvalue weighted by Crippen LogP contribution is 2.09. The summed E-state index contributed by atoms with van der Waals surface area (Å²) in [6, 6.07) is 7.64. The number of benzene rings is 1. The summed E-state index contributed by atoms with van der Waals surface area (Å²) in [7, 11) is 5.46. The van der Waals surface area contributed by atoms with Crippen molar-refractivity contribution in [1.29, 1.82) is 0 Å². The lowest BCUT2D eigenvalue weighted by molar-refractivity contribution is 0.0827. The molecule has 0 N–H and O–H groups in total. The van der Waals surface area contributed by atoms with E-state index in [9.17, 15) is 4.79 Å². The lowest BCUT2D eigenvalue weighted by atomic mass is 10.1. The second-order valence-corrected chi connectivity index (χ2v) is 4.28. The second-order valence-electron chi connectivity index (χ2n) is 4.28. The van der Waals surface area contributed by atoms with Crippen LogP contribution in [-0.2, 0) is 6.54 Å². The molecular formula is C14H18N2O. The first-order valence-corrected chi connectivity index (χ1v) is 5.47. The van der Waals surface area contributed by atoms with Crippen LogP contribution in [0.5, 0.6) is 0 Å². The van der Waals surface area contributed by atoms with Gasteiger partial charge in [0, 0.05) is 26.2 Å². The highest BCUT2D eigenvalue weighted by Gasteiger charge is 2.08. The standard InChI is InChI=1S/C14H18N2O/c1-5-9-16(4)11-12-7-6-8-13(10-12)14(17)15(2)3/h1,6-8,10H,9,11H2,2-4H3. The van der Waals surface area contributed by atoms with Crippen molar-refractivity contribution in [2.24, 2.45) is 0 Å². The summed E-state index contributed by atoms with van der Waals surface area (Å²) in [6.07, 6.45) is 5.25. The second kappa shape index (κ2) is 6.07. The van der Waals surface area contributed by atoms with Crippen LogP contribution in [0.25, 0.3) is 0 Å². The Morgan fingerprint density at radius 1 is 1.35 bits per heavy atom. The fraction of sp³-hybridized carbons (Fsp3) is 0.357. The molecule has 0 fully saturated rings. The van der Waals surface area contributed by atoms with Gasteiger partial charge in [-0.3, -0.25) is 9.69 Å². The van der Waals surface area contributed by atoms with Crippen LogP contribution < -0.4 is 0 Å². The lowest BCUT2D eigenvalue weighted by Gasteiger charge is -2.15. The minimum atomic E-state index is 0.0199. The van der Waals surface area contributed by atoms with Gasteiger partial charge < -0.3 is 4.90 Å². The molecule has 0 aliphatic carbocycles. The van der Waals surface area contributed by atoms with Gasteiger partial charge in [-0.1, -0.05) is 18.1 Å². The molecule has 0 saturated heterocycles. The third-order valence-corrected chi connectivity index (χ3v) is 2.39. The topological polar surface area (TPSA) is 23.6 Å². The molecule has 1 aromatic rings. The van der Waals surface area contributed by atoms with Crippen LogP contribution in [0.3, 0.4) is 0 Å². The lowest BCUT2D eigenvalue weighted by Crippen LogP contribution is -2.22. The third kappa shape index (κ3) is 3.93. The molecule has 0 aliphatic rings. The summed E-state index contributed by atoms with van der Waals surface area (Å²) < 4.78 is 0. The summed E-state index contributed by atoms with van der Waals surface area (Å²) in [5, 5.41) is 0. The molecular weight excluding hydrogens is 212 g/mol. The molecule has 90 valence electrons. The van der Waals surface area contributed by atoms with Crippen molar-refractivity contribution in [2.45, 2.75) is 6.54 Å². The fourth-order valence-corrected chi connectivity index (χ4v) is 1.58. The van der Waals surface area contributed by atoms with Crippen molar-refractivity contribution >= 4 is 5.91 Å². The van der Waals surface area contributed by atoms with Crippen LogP contribution in [0.2, 0.25) is 0 Å². The third-order valence-electron chi connectivity index (χ3n) is 2.39. The fourth-order valence-electron chi connectivity index (χ4n) is 1.58. The van der Waals surface area contributed by atoms with Crippen molar-refractivity contribution in [1.82, 2.24) is 9.80 Å². The van der Waals surface area contributed by atoms with Crippen molar-refractivity contribution in [3.05, 3.63) is 35.4 Å². The Balaban J connectivity index is 2.80. The van der Waals surface area contributed by atoms with E-state index in [0.29, 0.717) is 12.1 Å². The Labute approximate surface area is 103 Å². The van der Waals surface area contributed by atoms with Crippen molar-refractivity contribution in [2.75, 3.05) is 27.7 Å². The van der Waals surface area contributed by atoms with Crippen LogP contribution in [0.4, 0.5) is 0 Å². The first-order valence-electron chi connectivity index (χ1n) is 5.47. The van der Waals surface area contributed by atoms with Crippen LogP contribution in [0.15, 0.2) is 24.3 Å². The first-order chi connectivity index (χ1) is 8.04. The molecule has 0 bridgehead atoms. The Bertz CT molecular complexity index is 432. The van der Waals surface area contributed by atoms with E-state index in [1.165, 1.54) is 0 Å². The SMILES string of the molecule is C#CCN(C)Cc1cccc(C(=O)N(C)C)c1. The molecule has 1 aromatic carbocycles. The Hall–Kier alpha value is -1.79. The minimum absolute atomic E-state index is 0.0199. The van der Waals surface area contributed by atoms with Gasteiger partial charge in [-0.2, -0.15) is 0 Å². The van der Waals surface area contributed by atoms with Crippen LogP contribution in [0, 0.1) is 12.3 Å². The molecule has 0 spiro atoms. The predicted molar refractivity (Wildman–Crippen MR) is 69.6 cm³/mol. The van der Waals surface area contributed by atoms with E-state index < -0.39 is 0 Å². The van der Waals surface area contributed by atoms with Gasteiger partial charge in [-0.05, 0) is 24.7 Å². The van der Waals surface area contributed by atoms with Crippen LogP contribution >= 0.6 is 0 Å². The van der Waals surface area contributed by atoms with E-state index in [1.807, 2.05) is 36.2 Å². The number of amides is 1. The summed E-state index contributed by atoms with van der Waals surface area (Å²) in [5.41, 5.74) is 1.80. The van der Waals surface area contributed by atoms with Crippen molar-refractivity contribution in [3.63, 3.8) is 0 Å². The molecule has 3 heteroatoms. The highest BCUT2D eigenvalue weighted by molar-refractivity contribution is 5.94. The molecule has 1 amide bonds. The Kier molecular flexibility index (Phi) is 4.74. The summed E-state index contributed by atoms with van der Waals surface area (Å²) in [6.45, 7) is 1.35. The van der Waals surface area contributed by atoms with E-state index in [0.717, 1.165) is 12.1 Å². The largest absolute Gasteiger partial charge is 0.345 e. The average Bonchev–Trinajstić information content (AvgIpc) is 2.28. The van der Waals surface area contributed by atoms with E-state index in [-0.39, 0.29) is 5.91 Å². The molecule has 3 nitrogen and oxygen atoms in total. The normalized spacial score (nSPS) is 10.1. The maximum atomic E-state index is 11.8. The molecule has 17 heavy (non-hydrogen) atoms. The van der Waals surface area contributed by atoms with Gasteiger partial charge >= 0.3 is 0 Å². The summed E-state index contributed by atoms with van der Waals surface area (Å²) >= 11 is 0. The van der Waals surface area contributed by atoms with Gasteiger partial charge in [0.25, 0.3) is 5.91 Å². The number of hydrogen-bond acceptors (Lipinski definition) is 2. The predicted octanol–water partition coefficient (Wildman–Crippen LogP) is 1.45. The molecule has 0 aromatic heterocycles. The Morgan fingerprint density at radius 2 is 2.06 bits per heavy atom. The summed E-state index contributed by atoms with van der Waals surface area (Å²) in [4.78, 5) is 15.4. The quantitative estimate of drug-likeness (QED) is 0.731. The molecule has 1 rings (SSSR count). The van der Waals surface area contributed by atoms with Gasteiger partial charge in [0.1, 0.15) is 0 Å². The zero-order chi connectivity index (χ0) is 12.8. The first kappa shape index (κ1) is 13.3. The maximum Gasteiger partial charge on any atom is 0.253 e. The van der Waals surface area contributed by atoms with Crippen molar-refractivity contribution < 1.29 is 4.79 Å². The van der Waals surface area contributed by atoms with E-state index in [1.54, 1.807) is 19.0 Å². The van der Waals surface area contributed by atoms with Gasteiger partial charge in [0.05, 0.1) is 6.54 Å². The Morgan fingerprint density at radius 3 is 2.65 bits per heavy atom. The van der Waals surface area contributed by atoms with E-state index in [2.05, 4.69) is 5.92 Å². The average molecular weight is 230 g/mol. The maximum absolute atomic E-state index is 11.8. The number of carbonyl (C=O) groups is 1. The van der Waals surface area contributed by atoms with Crippen LogP contribution in [0.1, 0.15) is 15.9 Å². The highest BCUT2D eigenvalue weighted by atomic mass is 16.2. The zero-order valence-corrected chi connectivity index (χ0v) is 10.6. The van der Waals surface area contributed by atoms with Crippen LogP contribution in [-0.4, -0.2) is 43.4 Å². The van der Waals surface area contributed by atoms with E-state index >= 15 is 0 Å². The molecule has 0 saturated carbocycles. The zero-order valence-electron chi connectivity index (χ0n) is 10.6.